The number of carbonyl (C=O) groups excluding carboxylic acids is 2. The van der Waals surface area contributed by atoms with Gasteiger partial charge >= 0.3 is 11.9 Å². The Morgan fingerprint density at radius 1 is 1.29 bits per heavy atom. The number of nitrogens with zero attached hydrogens (tertiary/aromatic N) is 1. The van der Waals surface area contributed by atoms with E-state index < -0.39 is 16.8 Å². The maximum absolute atomic E-state index is 11.0. The highest BCUT2D eigenvalue weighted by Gasteiger charge is 2.12. The van der Waals surface area contributed by atoms with Crippen LogP contribution < -0.4 is 10.9 Å². The van der Waals surface area contributed by atoms with Crippen LogP contribution in [-0.4, -0.2) is 23.9 Å². The van der Waals surface area contributed by atoms with Crippen LogP contribution in [0.3, 0.4) is 0 Å². The number of amides is 1. The third kappa shape index (κ3) is 3.45. The fourth-order valence-electron chi connectivity index (χ4n) is 0.939. The van der Waals surface area contributed by atoms with Crippen LogP contribution in [0.1, 0.15) is 0 Å². The average Bonchev–Trinajstić information content (AvgIpc) is 2.35. The summed E-state index contributed by atoms with van der Waals surface area (Å²) in [6, 6.07) is 5.28. The van der Waals surface area contributed by atoms with Gasteiger partial charge in [0.25, 0.3) is 5.69 Å². The summed E-state index contributed by atoms with van der Waals surface area (Å²) in [5, 5.41) is 10.4. The quantitative estimate of drug-likeness (QED) is 0.337. The second-order valence-electron chi connectivity index (χ2n) is 2.87. The number of hydrazine groups is 1. The minimum atomic E-state index is -1.04. The minimum absolute atomic E-state index is 0.0742. The molecular weight excluding hydrogens is 230 g/mol. The summed E-state index contributed by atoms with van der Waals surface area (Å²) in [6.07, 6.45) is 0. The number of nitro benzene ring substituents is 1. The van der Waals surface area contributed by atoms with Crippen molar-refractivity contribution in [3.8, 4) is 0 Å². The van der Waals surface area contributed by atoms with E-state index in [9.17, 15) is 19.7 Å². The number of rotatable bonds is 3. The van der Waals surface area contributed by atoms with Gasteiger partial charge in [-0.05, 0) is 12.1 Å². The third-order valence-electron chi connectivity index (χ3n) is 1.77. The van der Waals surface area contributed by atoms with Gasteiger partial charge in [0.2, 0.25) is 0 Å². The topological polar surface area (TPSA) is 111 Å². The molecule has 0 bridgehead atoms. The number of nitrogens with one attached hydrogen (secondary N) is 2. The number of hydrogen-bond acceptors (Lipinski definition) is 6. The van der Waals surface area contributed by atoms with E-state index in [0.717, 1.165) is 7.11 Å². The van der Waals surface area contributed by atoms with Gasteiger partial charge < -0.3 is 4.74 Å². The maximum Gasteiger partial charge on any atom is 0.398 e. The summed E-state index contributed by atoms with van der Waals surface area (Å²) in [6.45, 7) is 0. The van der Waals surface area contributed by atoms with Gasteiger partial charge in [-0.25, -0.2) is 4.79 Å². The molecule has 0 aliphatic rings. The number of non-ortho nitro benzene ring substituents is 1. The maximum atomic E-state index is 11.0. The summed E-state index contributed by atoms with van der Waals surface area (Å²) >= 11 is 0. The van der Waals surface area contributed by atoms with Crippen LogP contribution in [-0.2, 0) is 14.3 Å². The zero-order valence-electron chi connectivity index (χ0n) is 8.80. The van der Waals surface area contributed by atoms with Gasteiger partial charge in [-0.2, -0.15) is 0 Å². The van der Waals surface area contributed by atoms with Crippen LogP contribution >= 0.6 is 0 Å². The zero-order chi connectivity index (χ0) is 12.8. The molecule has 0 unspecified atom stereocenters. The lowest BCUT2D eigenvalue weighted by Gasteiger charge is -2.06. The molecule has 0 heterocycles. The van der Waals surface area contributed by atoms with Crippen LogP contribution in [0.2, 0.25) is 0 Å². The molecule has 1 aromatic rings. The predicted molar refractivity (Wildman–Crippen MR) is 56.9 cm³/mol. The van der Waals surface area contributed by atoms with Crippen LogP contribution in [0.4, 0.5) is 11.4 Å². The Bertz CT molecular complexity index is 442. The molecule has 0 saturated carbocycles. The van der Waals surface area contributed by atoms with Gasteiger partial charge in [0.15, 0.2) is 0 Å². The van der Waals surface area contributed by atoms with E-state index >= 15 is 0 Å². The van der Waals surface area contributed by atoms with E-state index in [1.165, 1.54) is 24.3 Å². The molecule has 1 amide bonds. The van der Waals surface area contributed by atoms with E-state index in [-0.39, 0.29) is 5.69 Å². The normalized spacial score (nSPS) is 9.24. The first kappa shape index (κ1) is 12.4. The molecule has 1 aromatic carbocycles. The van der Waals surface area contributed by atoms with Gasteiger partial charge in [-0.15, -0.1) is 0 Å². The Labute approximate surface area is 95.7 Å². The molecule has 0 spiro atoms. The number of nitro groups is 1. The molecular formula is C9H9N3O5. The lowest BCUT2D eigenvalue weighted by atomic mass is 10.3. The van der Waals surface area contributed by atoms with Crippen molar-refractivity contribution in [2.45, 2.75) is 0 Å². The number of esters is 1. The summed E-state index contributed by atoms with van der Waals surface area (Å²) in [5.74, 6) is -2.01. The van der Waals surface area contributed by atoms with Crippen molar-refractivity contribution in [2.24, 2.45) is 0 Å². The second-order valence-corrected chi connectivity index (χ2v) is 2.87. The first-order valence-electron chi connectivity index (χ1n) is 4.43. The standard InChI is InChI=1S/C9H9N3O5/c1-17-9(14)8(13)11-10-6-2-4-7(5-3-6)12(15)16/h2-5,10H,1H3,(H,11,13). The molecule has 0 aliphatic heterocycles. The first-order chi connectivity index (χ1) is 8.04. The molecule has 0 aromatic heterocycles. The molecule has 8 heteroatoms. The molecule has 0 atom stereocenters. The average molecular weight is 239 g/mol. The van der Waals surface area contributed by atoms with Gasteiger partial charge in [0.05, 0.1) is 17.7 Å². The Hall–Kier alpha value is -2.64. The van der Waals surface area contributed by atoms with Crippen LogP contribution in [0, 0.1) is 10.1 Å². The number of anilines is 1. The van der Waals surface area contributed by atoms with Crippen molar-refractivity contribution in [2.75, 3.05) is 12.5 Å². The number of ether oxygens (including phenoxy) is 1. The van der Waals surface area contributed by atoms with Crippen molar-refractivity contribution in [3.05, 3.63) is 34.4 Å². The SMILES string of the molecule is COC(=O)C(=O)NNc1ccc([N+](=O)[O-])cc1. The van der Waals surface area contributed by atoms with Gasteiger partial charge in [-0.1, -0.05) is 0 Å². The summed E-state index contributed by atoms with van der Waals surface area (Å²) in [4.78, 5) is 31.5. The van der Waals surface area contributed by atoms with Crippen molar-refractivity contribution in [3.63, 3.8) is 0 Å². The van der Waals surface area contributed by atoms with Crippen molar-refractivity contribution in [1.29, 1.82) is 0 Å². The summed E-state index contributed by atoms with van der Waals surface area (Å²) in [7, 11) is 1.08. The lowest BCUT2D eigenvalue weighted by molar-refractivity contribution is -0.384. The Kier molecular flexibility index (Phi) is 3.98. The molecule has 0 saturated heterocycles. The van der Waals surface area contributed by atoms with E-state index in [0.29, 0.717) is 5.69 Å². The number of hydrogen-bond donors (Lipinski definition) is 2. The highest BCUT2D eigenvalue weighted by Crippen LogP contribution is 2.14. The van der Waals surface area contributed by atoms with Gasteiger partial charge in [0, 0.05) is 12.1 Å². The van der Waals surface area contributed by atoms with E-state index in [1.807, 2.05) is 0 Å². The van der Waals surface area contributed by atoms with E-state index in [2.05, 4.69) is 15.6 Å². The molecule has 0 aliphatic carbocycles. The number of benzene rings is 1. The molecule has 1 rings (SSSR count). The second kappa shape index (κ2) is 5.45. The van der Waals surface area contributed by atoms with Gasteiger partial charge in [0.1, 0.15) is 0 Å². The zero-order valence-corrected chi connectivity index (χ0v) is 8.80. The molecule has 17 heavy (non-hydrogen) atoms. The highest BCUT2D eigenvalue weighted by atomic mass is 16.6. The van der Waals surface area contributed by atoms with Crippen molar-refractivity contribution >= 4 is 23.3 Å². The Morgan fingerprint density at radius 3 is 2.35 bits per heavy atom. The fourth-order valence-corrected chi connectivity index (χ4v) is 0.939. The number of carbonyl (C=O) groups is 2. The molecule has 0 radical (unpaired) electrons. The van der Waals surface area contributed by atoms with E-state index in [4.69, 9.17) is 0 Å². The van der Waals surface area contributed by atoms with Crippen LogP contribution in [0.25, 0.3) is 0 Å². The lowest BCUT2D eigenvalue weighted by Crippen LogP contribution is -2.36. The molecule has 8 nitrogen and oxygen atoms in total. The molecule has 90 valence electrons. The van der Waals surface area contributed by atoms with Gasteiger partial charge in [-0.3, -0.25) is 25.8 Å². The predicted octanol–water partition coefficient (Wildman–Crippen LogP) is 0.211. The largest absolute Gasteiger partial charge is 0.462 e. The van der Waals surface area contributed by atoms with Crippen molar-refractivity contribution in [1.82, 2.24) is 5.43 Å². The third-order valence-corrected chi connectivity index (χ3v) is 1.77. The van der Waals surface area contributed by atoms with Crippen LogP contribution in [0.5, 0.6) is 0 Å². The van der Waals surface area contributed by atoms with E-state index in [1.54, 1.807) is 0 Å². The highest BCUT2D eigenvalue weighted by molar-refractivity contribution is 6.32. The van der Waals surface area contributed by atoms with Crippen LogP contribution in [0.15, 0.2) is 24.3 Å². The molecule has 0 fully saturated rings. The molecule has 2 N–H and O–H groups in total. The first-order valence-corrected chi connectivity index (χ1v) is 4.43. The van der Waals surface area contributed by atoms with Crippen molar-refractivity contribution < 1.29 is 19.2 Å². The summed E-state index contributed by atoms with van der Waals surface area (Å²) < 4.78 is 4.17. The Morgan fingerprint density at radius 2 is 1.88 bits per heavy atom. The summed E-state index contributed by atoms with van der Waals surface area (Å²) in [5.41, 5.74) is 4.79. The Balaban J connectivity index is 2.56. The monoisotopic (exact) mass is 239 g/mol. The smallest absolute Gasteiger partial charge is 0.398 e. The minimum Gasteiger partial charge on any atom is -0.462 e. The fraction of sp³-hybridized carbons (Fsp3) is 0.111. The number of methoxy groups -OCH3 is 1.